The van der Waals surface area contributed by atoms with Crippen molar-refractivity contribution in [1.29, 1.82) is 0 Å². The van der Waals surface area contributed by atoms with E-state index in [-0.39, 0.29) is 0 Å². The second-order valence-electron chi connectivity index (χ2n) is 2.33. The molecule has 2 aromatic heterocycles. The van der Waals surface area contributed by atoms with Gasteiger partial charge >= 0.3 is 89.0 Å². The fourth-order valence-corrected chi connectivity index (χ4v) is 4.17. The zero-order valence-corrected chi connectivity index (χ0v) is 10.4. The molecule has 0 fully saturated rings. The van der Waals surface area contributed by atoms with Crippen LogP contribution in [0.1, 0.15) is 0 Å². The van der Waals surface area contributed by atoms with Gasteiger partial charge in [-0.05, 0) is 0 Å². The summed E-state index contributed by atoms with van der Waals surface area (Å²) in [6, 6.07) is 4.01. The Hall–Kier alpha value is -0.000779. The molecule has 12 heavy (non-hydrogen) atoms. The third kappa shape index (κ3) is 0.963. The Labute approximate surface area is 88.4 Å². The Bertz CT molecular complexity index is 491. The fraction of sp³-hybridized carbons (Fsp3) is 0. The third-order valence-electron chi connectivity index (χ3n) is 1.65. The fourth-order valence-electron chi connectivity index (χ4n) is 1.10. The van der Waals surface area contributed by atoms with E-state index in [9.17, 15) is 0 Å². The number of hydrogen-bond donors (Lipinski definition) is 0. The number of benzene rings is 1. The summed E-state index contributed by atoms with van der Waals surface area (Å²) in [5.74, 6) is 0. The van der Waals surface area contributed by atoms with Gasteiger partial charge in [-0.1, -0.05) is 0 Å². The summed E-state index contributed by atoms with van der Waals surface area (Å²) in [4.78, 5) is 0. The van der Waals surface area contributed by atoms with Gasteiger partial charge in [-0.3, -0.25) is 0 Å². The number of nitrogens with zero attached hydrogens (tertiary/aromatic N) is 4. The van der Waals surface area contributed by atoms with Crippen LogP contribution in [0, 0.1) is 0 Å². The first kappa shape index (κ1) is 7.41. The van der Waals surface area contributed by atoms with E-state index in [1.54, 1.807) is 0 Å². The summed E-state index contributed by atoms with van der Waals surface area (Å²) in [5, 5.41) is 0. The molecule has 58 valence electrons. The van der Waals surface area contributed by atoms with E-state index in [2.05, 4.69) is 12.8 Å². The van der Waals surface area contributed by atoms with Crippen molar-refractivity contribution in [2.45, 2.75) is 0 Å². The summed E-state index contributed by atoms with van der Waals surface area (Å²) in [7, 11) is 0. The van der Waals surface area contributed by atoms with Crippen molar-refractivity contribution in [3.63, 3.8) is 0 Å². The molecule has 0 bridgehead atoms. The normalized spacial score (nSPS) is 11.3. The topological polar surface area (TPSA) is 51.6 Å². The number of hydrogen-bond acceptors (Lipinski definition) is 4. The van der Waals surface area contributed by atoms with Gasteiger partial charge in [0.1, 0.15) is 0 Å². The molecule has 4 nitrogen and oxygen atoms in total. The van der Waals surface area contributed by atoms with Crippen molar-refractivity contribution in [2.75, 3.05) is 0 Å². The minimum absolute atomic E-state index is 0.494. The van der Waals surface area contributed by atoms with Crippen molar-refractivity contribution in [1.82, 2.24) is 12.8 Å². The molecule has 0 spiro atoms. The van der Waals surface area contributed by atoms with Gasteiger partial charge in [0.15, 0.2) is 0 Å². The molecule has 0 saturated carbocycles. The summed E-state index contributed by atoms with van der Waals surface area (Å²) < 4.78 is 17.5. The molecule has 0 atom stereocenters. The van der Waals surface area contributed by atoms with Crippen molar-refractivity contribution in [3.05, 3.63) is 12.1 Å². The first-order valence-corrected chi connectivity index (χ1v) is 7.45. The zero-order valence-electron chi connectivity index (χ0n) is 5.76. The Morgan fingerprint density at radius 1 is 0.750 bits per heavy atom. The number of aromatic nitrogens is 4. The van der Waals surface area contributed by atoms with Gasteiger partial charge in [0.2, 0.25) is 0 Å². The Balaban J connectivity index is 2.71. The van der Waals surface area contributed by atoms with Crippen molar-refractivity contribution < 1.29 is 0 Å². The second kappa shape index (κ2) is 2.75. The average molecular weight is 385 g/mol. The maximum atomic E-state index is 4.40. The SMILES string of the molecule is c1cc2n[te]nc2c2n[te]nc12. The molecule has 0 radical (unpaired) electrons. The van der Waals surface area contributed by atoms with Gasteiger partial charge in [-0.2, -0.15) is 0 Å². The quantitative estimate of drug-likeness (QED) is 0.498. The summed E-state index contributed by atoms with van der Waals surface area (Å²) in [6.45, 7) is 0. The molecule has 6 heteroatoms. The molecular weight excluding hydrogens is 383 g/mol. The van der Waals surface area contributed by atoms with Gasteiger partial charge < -0.3 is 0 Å². The van der Waals surface area contributed by atoms with E-state index >= 15 is 0 Å². The Kier molecular flexibility index (Phi) is 1.70. The third-order valence-corrected chi connectivity index (χ3v) is 4.75. The van der Waals surface area contributed by atoms with Crippen LogP contribution >= 0.6 is 0 Å². The minimum atomic E-state index is -0.494. The maximum absolute atomic E-state index is 4.40. The van der Waals surface area contributed by atoms with Crippen molar-refractivity contribution >= 4 is 64.1 Å². The van der Waals surface area contributed by atoms with Gasteiger partial charge in [0.25, 0.3) is 0 Å². The van der Waals surface area contributed by atoms with Crippen molar-refractivity contribution in [2.24, 2.45) is 0 Å². The van der Waals surface area contributed by atoms with Gasteiger partial charge in [-0.25, -0.2) is 0 Å². The summed E-state index contributed by atoms with van der Waals surface area (Å²) in [6.07, 6.45) is 0. The zero-order chi connectivity index (χ0) is 7.97. The van der Waals surface area contributed by atoms with Gasteiger partial charge in [-0.15, -0.1) is 0 Å². The molecule has 1 aromatic carbocycles. The van der Waals surface area contributed by atoms with Crippen LogP contribution in [0.5, 0.6) is 0 Å². The number of fused-ring (bicyclic) bond motifs is 3. The molecule has 3 aromatic rings. The number of rotatable bonds is 0. The van der Waals surface area contributed by atoms with Crippen LogP contribution in [-0.4, -0.2) is 54.8 Å². The summed E-state index contributed by atoms with van der Waals surface area (Å²) >= 11 is -0.989. The van der Waals surface area contributed by atoms with Crippen LogP contribution in [0.2, 0.25) is 0 Å². The molecule has 0 unspecified atom stereocenters. The van der Waals surface area contributed by atoms with Gasteiger partial charge in [0, 0.05) is 0 Å². The van der Waals surface area contributed by atoms with Crippen LogP contribution in [0.25, 0.3) is 22.1 Å². The van der Waals surface area contributed by atoms with Crippen LogP contribution in [0.3, 0.4) is 0 Å². The standard InChI is InChI=1S/C6H2N4Te2/c1-2-4-6(10-12-8-4)5-3(1)7-11-9-5/h1-2H. The molecule has 0 aliphatic heterocycles. The first-order chi connectivity index (χ1) is 5.95. The van der Waals surface area contributed by atoms with E-state index < -0.39 is 42.0 Å². The predicted molar refractivity (Wildman–Crippen MR) is 46.5 cm³/mol. The van der Waals surface area contributed by atoms with E-state index in [1.165, 1.54) is 0 Å². The van der Waals surface area contributed by atoms with Crippen molar-refractivity contribution in [3.8, 4) is 0 Å². The van der Waals surface area contributed by atoms with E-state index in [4.69, 9.17) is 0 Å². The molecule has 0 aliphatic carbocycles. The van der Waals surface area contributed by atoms with Crippen LogP contribution in [0.15, 0.2) is 12.1 Å². The first-order valence-electron chi connectivity index (χ1n) is 3.29. The predicted octanol–water partition coefficient (Wildman–Crippen LogP) is -0.313. The second-order valence-corrected chi connectivity index (χ2v) is 5.35. The van der Waals surface area contributed by atoms with E-state index in [0.29, 0.717) is 0 Å². The van der Waals surface area contributed by atoms with Crippen LogP contribution in [-0.2, 0) is 0 Å². The molecule has 2 heterocycles. The monoisotopic (exact) mass is 390 g/mol. The Morgan fingerprint density at radius 3 is 1.75 bits per heavy atom. The molecule has 0 saturated heterocycles. The summed E-state index contributed by atoms with van der Waals surface area (Å²) in [5.41, 5.74) is 4.09. The van der Waals surface area contributed by atoms with Crippen LogP contribution in [0.4, 0.5) is 0 Å². The molecule has 3 rings (SSSR count). The van der Waals surface area contributed by atoms with E-state index in [1.807, 2.05) is 12.1 Å². The molecule has 0 N–H and O–H groups in total. The van der Waals surface area contributed by atoms with Crippen LogP contribution < -0.4 is 0 Å². The molecule has 0 amide bonds. The molecule has 0 aliphatic rings. The van der Waals surface area contributed by atoms with Gasteiger partial charge in [0.05, 0.1) is 0 Å². The average Bonchev–Trinajstić information content (AvgIpc) is 2.71. The molecular formula is C6H2N4Te2. The Morgan fingerprint density at radius 2 is 1.25 bits per heavy atom. The van der Waals surface area contributed by atoms with E-state index in [0.717, 1.165) is 22.1 Å².